The standard InChI is InChI=1S/C16H23NO/c1-2-6-13(7-3-1)15-8-4-5-9-16(15)18-14-10-11-17-12-14/h4-5,8-9,13-14,17H,1-3,6-7,10-12H2. The highest BCUT2D eigenvalue weighted by molar-refractivity contribution is 5.36. The van der Waals surface area contributed by atoms with Gasteiger partial charge in [-0.1, -0.05) is 37.5 Å². The van der Waals surface area contributed by atoms with E-state index in [1.54, 1.807) is 0 Å². The van der Waals surface area contributed by atoms with E-state index in [-0.39, 0.29) is 0 Å². The Morgan fingerprint density at radius 3 is 2.61 bits per heavy atom. The predicted molar refractivity (Wildman–Crippen MR) is 74.2 cm³/mol. The van der Waals surface area contributed by atoms with Gasteiger partial charge in [-0.15, -0.1) is 0 Å². The van der Waals surface area contributed by atoms with E-state index in [9.17, 15) is 0 Å². The van der Waals surface area contributed by atoms with Gasteiger partial charge in [-0.25, -0.2) is 0 Å². The summed E-state index contributed by atoms with van der Waals surface area (Å²) < 4.78 is 6.20. The fraction of sp³-hybridized carbons (Fsp3) is 0.625. The summed E-state index contributed by atoms with van der Waals surface area (Å²) in [5.74, 6) is 1.86. The second-order valence-electron chi connectivity index (χ2n) is 5.61. The van der Waals surface area contributed by atoms with Crippen molar-refractivity contribution in [2.24, 2.45) is 0 Å². The molecule has 18 heavy (non-hydrogen) atoms. The van der Waals surface area contributed by atoms with Crippen LogP contribution in [0.15, 0.2) is 24.3 Å². The van der Waals surface area contributed by atoms with Crippen LogP contribution in [0.5, 0.6) is 5.75 Å². The zero-order valence-electron chi connectivity index (χ0n) is 11.0. The number of rotatable bonds is 3. The van der Waals surface area contributed by atoms with Crippen LogP contribution >= 0.6 is 0 Å². The van der Waals surface area contributed by atoms with Gasteiger partial charge in [-0.3, -0.25) is 0 Å². The van der Waals surface area contributed by atoms with Gasteiger partial charge in [0.2, 0.25) is 0 Å². The number of para-hydroxylation sites is 1. The summed E-state index contributed by atoms with van der Waals surface area (Å²) in [7, 11) is 0. The minimum atomic E-state index is 0.370. The maximum absolute atomic E-state index is 6.20. The molecule has 0 spiro atoms. The van der Waals surface area contributed by atoms with E-state index in [1.807, 2.05) is 0 Å². The molecule has 1 aromatic carbocycles. The van der Waals surface area contributed by atoms with Crippen LogP contribution < -0.4 is 10.1 Å². The summed E-state index contributed by atoms with van der Waals surface area (Å²) in [6, 6.07) is 8.68. The summed E-state index contributed by atoms with van der Waals surface area (Å²) >= 11 is 0. The predicted octanol–water partition coefficient (Wildman–Crippen LogP) is 3.48. The monoisotopic (exact) mass is 245 g/mol. The molecule has 1 aliphatic heterocycles. The molecule has 2 aliphatic rings. The van der Waals surface area contributed by atoms with E-state index in [1.165, 1.54) is 37.7 Å². The Labute approximate surface area is 110 Å². The molecule has 1 saturated heterocycles. The summed E-state index contributed by atoms with van der Waals surface area (Å²) in [4.78, 5) is 0. The normalized spacial score (nSPS) is 25.2. The topological polar surface area (TPSA) is 21.3 Å². The highest BCUT2D eigenvalue weighted by Gasteiger charge is 2.22. The van der Waals surface area contributed by atoms with E-state index in [4.69, 9.17) is 4.74 Å². The summed E-state index contributed by atoms with van der Waals surface area (Å²) in [6.07, 6.45) is 8.35. The summed E-state index contributed by atoms with van der Waals surface area (Å²) in [5.41, 5.74) is 1.45. The first-order valence-electron chi connectivity index (χ1n) is 7.40. The third-order valence-electron chi connectivity index (χ3n) is 4.27. The summed E-state index contributed by atoms with van der Waals surface area (Å²) in [5, 5.41) is 3.37. The molecule has 1 aromatic rings. The zero-order chi connectivity index (χ0) is 12.2. The van der Waals surface area contributed by atoms with Crippen LogP contribution in [0.3, 0.4) is 0 Å². The molecule has 1 unspecified atom stereocenters. The summed E-state index contributed by atoms with van der Waals surface area (Å²) in [6.45, 7) is 2.09. The van der Waals surface area contributed by atoms with E-state index in [0.717, 1.165) is 31.2 Å². The van der Waals surface area contributed by atoms with Gasteiger partial charge in [0.1, 0.15) is 11.9 Å². The molecule has 98 valence electrons. The molecule has 1 atom stereocenters. The number of hydrogen-bond acceptors (Lipinski definition) is 2. The molecule has 0 bridgehead atoms. The zero-order valence-corrected chi connectivity index (χ0v) is 11.0. The van der Waals surface area contributed by atoms with Crippen molar-refractivity contribution in [2.75, 3.05) is 13.1 Å². The average Bonchev–Trinajstić information content (AvgIpc) is 2.93. The van der Waals surface area contributed by atoms with E-state index >= 15 is 0 Å². The number of ether oxygens (including phenoxy) is 1. The lowest BCUT2D eigenvalue weighted by Crippen LogP contribution is -2.20. The Hall–Kier alpha value is -1.02. The molecule has 2 fully saturated rings. The van der Waals surface area contributed by atoms with Crippen LogP contribution in [-0.2, 0) is 0 Å². The van der Waals surface area contributed by atoms with Gasteiger partial charge in [0.05, 0.1) is 0 Å². The van der Waals surface area contributed by atoms with Crippen molar-refractivity contribution in [3.8, 4) is 5.75 Å². The SMILES string of the molecule is c1ccc(C2CCCCC2)c(OC2CCNC2)c1. The molecule has 3 rings (SSSR count). The number of benzene rings is 1. The highest BCUT2D eigenvalue weighted by Crippen LogP contribution is 2.37. The molecule has 2 heteroatoms. The Kier molecular flexibility index (Phi) is 3.84. The second kappa shape index (κ2) is 5.75. The average molecular weight is 245 g/mol. The lowest BCUT2D eigenvalue weighted by Gasteiger charge is -2.25. The van der Waals surface area contributed by atoms with Gasteiger partial charge in [0.25, 0.3) is 0 Å². The second-order valence-corrected chi connectivity index (χ2v) is 5.61. The first-order valence-corrected chi connectivity index (χ1v) is 7.40. The van der Waals surface area contributed by atoms with Crippen LogP contribution in [0.1, 0.15) is 50.0 Å². The van der Waals surface area contributed by atoms with Crippen LogP contribution in [0, 0.1) is 0 Å². The largest absolute Gasteiger partial charge is 0.489 e. The van der Waals surface area contributed by atoms with Crippen LogP contribution in [-0.4, -0.2) is 19.2 Å². The van der Waals surface area contributed by atoms with Crippen molar-refractivity contribution in [2.45, 2.75) is 50.5 Å². The van der Waals surface area contributed by atoms with Gasteiger partial charge in [0, 0.05) is 6.54 Å². The van der Waals surface area contributed by atoms with Gasteiger partial charge in [0.15, 0.2) is 0 Å². The van der Waals surface area contributed by atoms with Crippen LogP contribution in [0.25, 0.3) is 0 Å². The molecule has 1 aliphatic carbocycles. The lowest BCUT2D eigenvalue weighted by atomic mass is 9.84. The minimum Gasteiger partial charge on any atom is -0.489 e. The Balaban J connectivity index is 1.75. The Morgan fingerprint density at radius 1 is 1.00 bits per heavy atom. The van der Waals surface area contributed by atoms with E-state index < -0.39 is 0 Å². The van der Waals surface area contributed by atoms with E-state index in [0.29, 0.717) is 6.10 Å². The molecule has 2 nitrogen and oxygen atoms in total. The lowest BCUT2D eigenvalue weighted by molar-refractivity contribution is 0.218. The van der Waals surface area contributed by atoms with Crippen molar-refractivity contribution < 1.29 is 4.74 Å². The molecule has 1 N–H and O–H groups in total. The van der Waals surface area contributed by atoms with Crippen molar-refractivity contribution in [1.82, 2.24) is 5.32 Å². The van der Waals surface area contributed by atoms with Gasteiger partial charge < -0.3 is 10.1 Å². The van der Waals surface area contributed by atoms with E-state index in [2.05, 4.69) is 29.6 Å². The Morgan fingerprint density at radius 2 is 1.83 bits per heavy atom. The highest BCUT2D eigenvalue weighted by atomic mass is 16.5. The van der Waals surface area contributed by atoms with Crippen molar-refractivity contribution in [1.29, 1.82) is 0 Å². The fourth-order valence-electron chi connectivity index (χ4n) is 3.25. The van der Waals surface area contributed by atoms with Gasteiger partial charge in [-0.2, -0.15) is 0 Å². The van der Waals surface area contributed by atoms with Crippen molar-refractivity contribution in [3.05, 3.63) is 29.8 Å². The molecule has 0 amide bonds. The molecule has 1 saturated carbocycles. The van der Waals surface area contributed by atoms with Crippen molar-refractivity contribution in [3.63, 3.8) is 0 Å². The third-order valence-corrected chi connectivity index (χ3v) is 4.27. The first-order chi connectivity index (χ1) is 8.93. The fourth-order valence-corrected chi connectivity index (χ4v) is 3.25. The minimum absolute atomic E-state index is 0.370. The molecular weight excluding hydrogens is 222 g/mol. The molecular formula is C16H23NO. The number of nitrogens with one attached hydrogen (secondary N) is 1. The van der Waals surface area contributed by atoms with Crippen LogP contribution in [0.2, 0.25) is 0 Å². The maximum atomic E-state index is 6.20. The third kappa shape index (κ3) is 2.69. The smallest absolute Gasteiger partial charge is 0.123 e. The van der Waals surface area contributed by atoms with Gasteiger partial charge >= 0.3 is 0 Å². The molecule has 0 radical (unpaired) electrons. The molecule has 1 heterocycles. The number of hydrogen-bond donors (Lipinski definition) is 1. The quantitative estimate of drug-likeness (QED) is 0.880. The van der Waals surface area contributed by atoms with Crippen molar-refractivity contribution >= 4 is 0 Å². The molecule has 0 aromatic heterocycles. The Bertz CT molecular complexity index is 378. The van der Waals surface area contributed by atoms with Crippen LogP contribution in [0.4, 0.5) is 0 Å². The first kappa shape index (κ1) is 12.0. The maximum Gasteiger partial charge on any atom is 0.123 e. The van der Waals surface area contributed by atoms with Gasteiger partial charge in [-0.05, 0) is 43.4 Å².